The van der Waals surface area contributed by atoms with Gasteiger partial charge in [-0.15, -0.1) is 11.3 Å². The topological polar surface area (TPSA) is 118 Å². The highest BCUT2D eigenvalue weighted by Crippen LogP contribution is 2.27. The predicted molar refractivity (Wildman–Crippen MR) is 137 cm³/mol. The number of anilines is 2. The molecule has 0 fully saturated rings. The first-order valence-corrected chi connectivity index (χ1v) is 12.1. The van der Waals surface area contributed by atoms with E-state index >= 15 is 0 Å². The average molecular weight is 492 g/mol. The molecule has 4 rings (SSSR count). The number of hydrogen-bond acceptors (Lipinski definition) is 8. The Kier molecular flexibility index (Phi) is 7.23. The van der Waals surface area contributed by atoms with Gasteiger partial charge in [0, 0.05) is 35.9 Å². The van der Waals surface area contributed by atoms with Crippen LogP contribution < -0.4 is 10.6 Å². The summed E-state index contributed by atoms with van der Waals surface area (Å²) in [6.45, 7) is 9.17. The fourth-order valence-electron chi connectivity index (χ4n) is 3.41. The van der Waals surface area contributed by atoms with Gasteiger partial charge < -0.3 is 15.7 Å². The van der Waals surface area contributed by atoms with Crippen LogP contribution in [0.1, 0.15) is 46.6 Å². The molecule has 9 nitrogen and oxygen atoms in total. The first kappa shape index (κ1) is 24.5. The molecule has 182 valence electrons. The maximum absolute atomic E-state index is 12.6. The highest BCUT2D eigenvalue weighted by Gasteiger charge is 2.20. The fourth-order valence-corrected chi connectivity index (χ4v) is 4.30. The van der Waals surface area contributed by atoms with Crippen LogP contribution in [0, 0.1) is 6.92 Å². The summed E-state index contributed by atoms with van der Waals surface area (Å²) in [6.07, 6.45) is 4.95. The van der Waals surface area contributed by atoms with E-state index in [1.807, 2.05) is 37.3 Å². The second kappa shape index (κ2) is 10.3. The van der Waals surface area contributed by atoms with Crippen LogP contribution in [0.25, 0.3) is 11.3 Å². The van der Waals surface area contributed by atoms with Gasteiger partial charge in [-0.1, -0.05) is 32.9 Å². The van der Waals surface area contributed by atoms with Crippen LogP contribution in [-0.2, 0) is 18.5 Å². The zero-order chi connectivity index (χ0) is 25.0. The van der Waals surface area contributed by atoms with Crippen LogP contribution >= 0.6 is 11.3 Å². The van der Waals surface area contributed by atoms with Gasteiger partial charge in [0.25, 0.3) is 5.91 Å². The highest BCUT2D eigenvalue weighted by atomic mass is 32.1. The minimum atomic E-state index is -0.116. The van der Waals surface area contributed by atoms with Gasteiger partial charge >= 0.3 is 0 Å². The smallest absolute Gasteiger partial charge is 0.263 e. The van der Waals surface area contributed by atoms with Crippen molar-refractivity contribution in [3.63, 3.8) is 0 Å². The number of aliphatic hydroxyl groups excluding tert-OH is 1. The number of carbonyl (C=O) groups is 1. The molecular weight excluding hydrogens is 462 g/mol. The molecule has 1 amide bonds. The summed E-state index contributed by atoms with van der Waals surface area (Å²) in [4.78, 5) is 26.3. The quantitative estimate of drug-likeness (QED) is 0.340. The Balaban J connectivity index is 1.42. The predicted octanol–water partition coefficient (Wildman–Crippen LogP) is 4.07. The van der Waals surface area contributed by atoms with Crippen LogP contribution in [-0.4, -0.2) is 42.4 Å². The maximum atomic E-state index is 12.6. The minimum Gasteiger partial charge on any atom is -0.394 e. The molecule has 35 heavy (non-hydrogen) atoms. The van der Waals surface area contributed by atoms with Gasteiger partial charge in [-0.25, -0.2) is 15.0 Å². The zero-order valence-electron chi connectivity index (χ0n) is 20.2. The van der Waals surface area contributed by atoms with E-state index < -0.39 is 0 Å². The summed E-state index contributed by atoms with van der Waals surface area (Å²) in [5.41, 5.74) is 3.73. The summed E-state index contributed by atoms with van der Waals surface area (Å²) in [5.74, 6) is 1.15. The molecule has 1 aromatic carbocycles. The van der Waals surface area contributed by atoms with Crippen molar-refractivity contribution in [2.75, 3.05) is 11.9 Å². The third-order valence-corrected chi connectivity index (χ3v) is 6.76. The number of aromatic nitrogens is 5. The molecule has 0 radical (unpaired) electrons. The molecule has 4 aromatic rings. The Morgan fingerprint density at radius 2 is 1.94 bits per heavy atom. The lowest BCUT2D eigenvalue weighted by atomic mass is 9.98. The van der Waals surface area contributed by atoms with E-state index in [0.717, 1.165) is 27.4 Å². The first-order valence-electron chi connectivity index (χ1n) is 11.3. The van der Waals surface area contributed by atoms with Crippen molar-refractivity contribution < 1.29 is 9.90 Å². The summed E-state index contributed by atoms with van der Waals surface area (Å²) >= 11 is 1.43. The van der Waals surface area contributed by atoms with Gasteiger partial charge in [0.2, 0.25) is 0 Å². The molecule has 3 aromatic heterocycles. The molecule has 0 spiro atoms. The fraction of sp³-hybridized carbons (Fsp3) is 0.320. The van der Waals surface area contributed by atoms with Crippen molar-refractivity contribution in [1.82, 2.24) is 30.0 Å². The molecule has 0 aliphatic rings. The lowest BCUT2D eigenvalue weighted by molar-refractivity contribution is 0.0954. The Morgan fingerprint density at radius 3 is 2.66 bits per heavy atom. The van der Waals surface area contributed by atoms with Gasteiger partial charge in [-0.05, 0) is 24.1 Å². The van der Waals surface area contributed by atoms with E-state index in [1.54, 1.807) is 17.1 Å². The Labute approximate surface area is 208 Å². The summed E-state index contributed by atoms with van der Waals surface area (Å²) in [5, 5.41) is 20.5. The van der Waals surface area contributed by atoms with Crippen molar-refractivity contribution in [2.24, 2.45) is 0 Å². The van der Waals surface area contributed by atoms with Crippen molar-refractivity contribution in [3.05, 3.63) is 70.1 Å². The minimum absolute atomic E-state index is 0.0289. The van der Waals surface area contributed by atoms with E-state index in [2.05, 4.69) is 51.5 Å². The van der Waals surface area contributed by atoms with Crippen molar-refractivity contribution in [1.29, 1.82) is 0 Å². The number of aliphatic hydroxyl groups is 1. The Bertz CT molecular complexity index is 1320. The van der Waals surface area contributed by atoms with Gasteiger partial charge in [-0.2, -0.15) is 5.10 Å². The monoisotopic (exact) mass is 491 g/mol. The number of thiazole rings is 1. The number of hydrogen-bond donors (Lipinski definition) is 3. The van der Waals surface area contributed by atoms with Crippen LogP contribution in [0.4, 0.5) is 11.6 Å². The van der Waals surface area contributed by atoms with Crippen molar-refractivity contribution >= 4 is 28.9 Å². The normalized spacial score (nSPS) is 11.5. The largest absolute Gasteiger partial charge is 0.394 e. The summed E-state index contributed by atoms with van der Waals surface area (Å²) in [6, 6.07) is 9.72. The van der Waals surface area contributed by atoms with E-state index in [1.165, 1.54) is 17.7 Å². The number of benzene rings is 1. The van der Waals surface area contributed by atoms with Crippen molar-refractivity contribution in [2.45, 2.75) is 46.2 Å². The summed E-state index contributed by atoms with van der Waals surface area (Å²) in [7, 11) is 0. The average Bonchev–Trinajstić information content (AvgIpc) is 3.49. The zero-order valence-corrected chi connectivity index (χ0v) is 21.1. The molecule has 3 N–H and O–H groups in total. The van der Waals surface area contributed by atoms with E-state index in [-0.39, 0.29) is 17.9 Å². The van der Waals surface area contributed by atoms with Crippen LogP contribution in [0.5, 0.6) is 0 Å². The first-order chi connectivity index (χ1) is 16.7. The Hall–Kier alpha value is -3.63. The van der Waals surface area contributed by atoms with E-state index in [4.69, 9.17) is 5.11 Å². The molecule has 0 aliphatic carbocycles. The summed E-state index contributed by atoms with van der Waals surface area (Å²) < 4.78 is 1.66. The molecule has 10 heteroatoms. The lowest BCUT2D eigenvalue weighted by Crippen LogP contribution is -2.22. The third kappa shape index (κ3) is 6.09. The standard InChI is InChI=1S/C25H29N7O2S/c1-16-11-17(19-12-22(29-15-28-19)30-21-7-8-32(31-21)9-10-33)5-6-18(16)13-26-23(34)20-14-27-24(35-20)25(2,3)4/h5-8,11-12,14-15,33H,9-10,13H2,1-4H3,(H,26,34)(H,28,29,30,31). The number of nitrogens with zero attached hydrogens (tertiary/aromatic N) is 5. The molecule has 0 bridgehead atoms. The van der Waals surface area contributed by atoms with E-state index in [9.17, 15) is 4.79 Å². The number of aryl methyl sites for hydroxylation is 1. The van der Waals surface area contributed by atoms with Gasteiger partial charge in [0.05, 0.1) is 30.1 Å². The molecule has 0 unspecified atom stereocenters. The SMILES string of the molecule is Cc1cc(-c2cc(Nc3ccn(CCO)n3)ncn2)ccc1CNC(=O)c1cnc(C(C)(C)C)s1. The third-order valence-electron chi connectivity index (χ3n) is 5.34. The van der Waals surface area contributed by atoms with Gasteiger partial charge in [0.15, 0.2) is 5.82 Å². The van der Waals surface area contributed by atoms with Gasteiger partial charge in [-0.3, -0.25) is 9.48 Å². The lowest BCUT2D eigenvalue weighted by Gasteiger charge is -2.13. The second-order valence-corrected chi connectivity index (χ2v) is 10.2. The highest BCUT2D eigenvalue weighted by molar-refractivity contribution is 7.13. The van der Waals surface area contributed by atoms with E-state index in [0.29, 0.717) is 29.6 Å². The van der Waals surface area contributed by atoms with Crippen LogP contribution in [0.3, 0.4) is 0 Å². The number of rotatable bonds is 8. The number of carbonyl (C=O) groups excluding carboxylic acids is 1. The van der Waals surface area contributed by atoms with Crippen LogP contribution in [0.2, 0.25) is 0 Å². The van der Waals surface area contributed by atoms with Crippen molar-refractivity contribution in [3.8, 4) is 11.3 Å². The Morgan fingerprint density at radius 1 is 1.11 bits per heavy atom. The molecule has 0 atom stereocenters. The second-order valence-electron chi connectivity index (χ2n) is 9.20. The number of amides is 1. The molecule has 3 heterocycles. The molecule has 0 aliphatic heterocycles. The van der Waals surface area contributed by atoms with Gasteiger partial charge in [0.1, 0.15) is 17.0 Å². The van der Waals surface area contributed by atoms with Crippen LogP contribution in [0.15, 0.2) is 49.1 Å². The molecule has 0 saturated carbocycles. The molecular formula is C25H29N7O2S. The molecule has 0 saturated heterocycles. The maximum Gasteiger partial charge on any atom is 0.263 e. The number of nitrogens with one attached hydrogen (secondary N) is 2.